The molecule has 0 spiro atoms. The van der Waals surface area contributed by atoms with Gasteiger partial charge < -0.3 is 21.3 Å². The summed E-state index contributed by atoms with van der Waals surface area (Å²) in [5, 5.41) is 27.3. The van der Waals surface area contributed by atoms with Crippen LogP contribution in [-0.2, 0) is 11.0 Å². The lowest BCUT2D eigenvalue weighted by molar-refractivity contribution is 0.0739. The van der Waals surface area contributed by atoms with Crippen molar-refractivity contribution < 1.29 is 15.0 Å². The Labute approximate surface area is 185 Å². The van der Waals surface area contributed by atoms with Gasteiger partial charge in [-0.1, -0.05) is 31.3 Å². The van der Waals surface area contributed by atoms with E-state index in [0.29, 0.717) is 46.1 Å². The lowest BCUT2D eigenvalue weighted by atomic mass is 9.82. The van der Waals surface area contributed by atoms with Crippen LogP contribution in [0.25, 0.3) is 21.3 Å². The minimum atomic E-state index is -1.06. The molecule has 0 aliphatic rings. The Morgan fingerprint density at radius 1 is 1.26 bits per heavy atom. The van der Waals surface area contributed by atoms with E-state index in [1.807, 2.05) is 20.8 Å². The number of aromatic hydroxyl groups is 1. The molecule has 0 aliphatic heterocycles. The molecular formula is C22H29N5O3S. The second-order valence-corrected chi connectivity index (χ2v) is 9.58. The summed E-state index contributed by atoms with van der Waals surface area (Å²) in [5.74, 6) is 0.106. The van der Waals surface area contributed by atoms with E-state index in [1.165, 1.54) is 11.3 Å². The third kappa shape index (κ3) is 4.63. The van der Waals surface area contributed by atoms with Crippen LogP contribution >= 0.6 is 11.3 Å². The number of anilines is 1. The van der Waals surface area contributed by atoms with Crippen molar-refractivity contribution in [3.63, 3.8) is 0 Å². The van der Waals surface area contributed by atoms with E-state index in [4.69, 9.17) is 5.73 Å². The first kappa shape index (κ1) is 22.9. The molecule has 3 aromatic rings. The van der Waals surface area contributed by atoms with Crippen molar-refractivity contribution in [3.8, 4) is 16.9 Å². The third-order valence-electron chi connectivity index (χ3n) is 5.10. The largest absolute Gasteiger partial charge is 0.507 e. The van der Waals surface area contributed by atoms with E-state index < -0.39 is 11.0 Å². The smallest absolute Gasteiger partial charge is 0.321 e. The van der Waals surface area contributed by atoms with E-state index in [2.05, 4.69) is 20.6 Å². The summed E-state index contributed by atoms with van der Waals surface area (Å²) in [6, 6.07) is 4.98. The average Bonchev–Trinajstić information content (AvgIpc) is 3.08. The molecule has 166 valence electrons. The number of fused-ring (bicyclic) bond motifs is 1. The third-order valence-corrected chi connectivity index (χ3v) is 6.10. The molecule has 2 amide bonds. The Morgan fingerprint density at radius 2 is 1.97 bits per heavy atom. The van der Waals surface area contributed by atoms with Crippen LogP contribution in [0.15, 0.2) is 24.4 Å². The highest BCUT2D eigenvalue weighted by Gasteiger charge is 2.29. The standard InChI is InChI=1S/C22H29N5O3S/c1-6-24-19(29)27-20-26-14-9-13(12-7-8-15(25-10-12)22(4,5)30)17(28)16(18(14)31-20)21(2,3)11-23/h7-10,28,30H,6,11,23H2,1-5H3,(H2,24,26,27,29). The lowest BCUT2D eigenvalue weighted by Crippen LogP contribution is -2.28. The fraction of sp³-hybridized carbons (Fsp3) is 0.409. The number of nitrogens with zero attached hydrogens (tertiary/aromatic N) is 2. The van der Waals surface area contributed by atoms with Crippen molar-refractivity contribution in [2.75, 3.05) is 18.4 Å². The summed E-state index contributed by atoms with van der Waals surface area (Å²) in [7, 11) is 0. The van der Waals surface area contributed by atoms with E-state index in [9.17, 15) is 15.0 Å². The number of hydrogen-bond acceptors (Lipinski definition) is 7. The molecule has 0 bridgehead atoms. The van der Waals surface area contributed by atoms with Gasteiger partial charge in [0.25, 0.3) is 0 Å². The number of benzene rings is 1. The molecule has 0 aliphatic carbocycles. The molecule has 0 atom stereocenters. The molecule has 9 heteroatoms. The first-order valence-corrected chi connectivity index (χ1v) is 10.9. The Balaban J connectivity index is 2.18. The van der Waals surface area contributed by atoms with E-state index in [1.54, 1.807) is 38.2 Å². The predicted molar refractivity (Wildman–Crippen MR) is 125 cm³/mol. The molecule has 0 saturated heterocycles. The van der Waals surface area contributed by atoms with E-state index in [0.717, 1.165) is 4.70 Å². The van der Waals surface area contributed by atoms with Gasteiger partial charge in [-0.15, -0.1) is 0 Å². The first-order valence-electron chi connectivity index (χ1n) is 10.1. The fourth-order valence-corrected chi connectivity index (χ4v) is 4.44. The van der Waals surface area contributed by atoms with Crippen molar-refractivity contribution >= 4 is 32.7 Å². The minimum absolute atomic E-state index is 0.106. The second-order valence-electron chi connectivity index (χ2n) is 8.58. The summed E-state index contributed by atoms with van der Waals surface area (Å²) in [4.78, 5) is 20.9. The van der Waals surface area contributed by atoms with Crippen LogP contribution < -0.4 is 16.4 Å². The highest BCUT2D eigenvalue weighted by atomic mass is 32.1. The molecule has 31 heavy (non-hydrogen) atoms. The highest BCUT2D eigenvalue weighted by Crippen LogP contribution is 2.46. The van der Waals surface area contributed by atoms with E-state index in [-0.39, 0.29) is 11.8 Å². The van der Waals surface area contributed by atoms with Crippen LogP contribution in [0.3, 0.4) is 0 Å². The van der Waals surface area contributed by atoms with Crippen LogP contribution in [0.1, 0.15) is 45.9 Å². The van der Waals surface area contributed by atoms with Gasteiger partial charge in [0, 0.05) is 41.4 Å². The van der Waals surface area contributed by atoms with Crippen molar-refractivity contribution in [2.45, 2.75) is 45.6 Å². The fourth-order valence-electron chi connectivity index (χ4n) is 3.28. The first-order chi connectivity index (χ1) is 14.5. The molecule has 1 aromatic carbocycles. The number of aliphatic hydroxyl groups is 1. The quantitative estimate of drug-likeness (QED) is 0.395. The molecule has 8 nitrogen and oxygen atoms in total. The number of thiazole rings is 1. The average molecular weight is 444 g/mol. The number of aromatic nitrogens is 2. The highest BCUT2D eigenvalue weighted by molar-refractivity contribution is 7.22. The maximum Gasteiger partial charge on any atom is 0.321 e. The van der Waals surface area contributed by atoms with Gasteiger partial charge in [-0.25, -0.2) is 9.78 Å². The number of pyridine rings is 1. The topological polar surface area (TPSA) is 133 Å². The Kier molecular flexibility index (Phi) is 6.22. The van der Waals surface area contributed by atoms with Gasteiger partial charge in [0.15, 0.2) is 5.13 Å². The number of phenolic OH excluding ortho intramolecular Hbond substituents is 1. The maximum absolute atomic E-state index is 11.9. The number of amides is 2. The maximum atomic E-state index is 11.9. The summed E-state index contributed by atoms with van der Waals surface area (Å²) in [6.45, 7) is 9.89. The molecule has 6 N–H and O–H groups in total. The minimum Gasteiger partial charge on any atom is -0.507 e. The van der Waals surface area contributed by atoms with Crippen LogP contribution in [-0.4, -0.2) is 39.3 Å². The number of rotatable bonds is 6. The zero-order chi connectivity index (χ0) is 23.0. The number of hydrogen-bond donors (Lipinski definition) is 5. The summed E-state index contributed by atoms with van der Waals surface area (Å²) in [5.41, 5.74) is 7.54. The Hall–Kier alpha value is -2.75. The summed E-state index contributed by atoms with van der Waals surface area (Å²) < 4.78 is 0.768. The van der Waals surface area contributed by atoms with Crippen LogP contribution in [0.5, 0.6) is 5.75 Å². The number of nitrogens with two attached hydrogens (primary N) is 1. The normalized spacial score (nSPS) is 12.2. The SMILES string of the molecule is CCNC(=O)Nc1nc2cc(-c3ccc(C(C)(C)O)nc3)c(O)c(C(C)(C)CN)c2s1. The molecule has 0 fully saturated rings. The Morgan fingerprint density at radius 3 is 2.52 bits per heavy atom. The number of carbonyl (C=O) groups is 1. The second kappa shape index (κ2) is 8.41. The number of carbonyl (C=O) groups excluding carboxylic acids is 1. The number of urea groups is 1. The molecule has 0 unspecified atom stereocenters. The van der Waals surface area contributed by atoms with Crippen molar-refractivity contribution in [1.82, 2.24) is 15.3 Å². The van der Waals surface area contributed by atoms with Gasteiger partial charge in [-0.2, -0.15) is 0 Å². The molecule has 2 aromatic heterocycles. The molecular weight excluding hydrogens is 414 g/mol. The summed E-state index contributed by atoms with van der Waals surface area (Å²) in [6.07, 6.45) is 1.62. The monoisotopic (exact) mass is 443 g/mol. The van der Waals surface area contributed by atoms with Gasteiger partial charge in [0.05, 0.1) is 15.9 Å². The molecule has 2 heterocycles. The van der Waals surface area contributed by atoms with E-state index >= 15 is 0 Å². The zero-order valence-corrected chi connectivity index (χ0v) is 19.2. The van der Waals surface area contributed by atoms with Crippen molar-refractivity contribution in [3.05, 3.63) is 35.7 Å². The Bertz CT molecular complexity index is 1100. The van der Waals surface area contributed by atoms with Gasteiger partial charge in [0.2, 0.25) is 0 Å². The van der Waals surface area contributed by atoms with Crippen LogP contribution in [0, 0.1) is 0 Å². The van der Waals surface area contributed by atoms with Crippen molar-refractivity contribution in [1.29, 1.82) is 0 Å². The lowest BCUT2D eigenvalue weighted by Gasteiger charge is -2.26. The van der Waals surface area contributed by atoms with Gasteiger partial charge in [0.1, 0.15) is 11.4 Å². The zero-order valence-electron chi connectivity index (χ0n) is 18.4. The van der Waals surface area contributed by atoms with Crippen LogP contribution in [0.4, 0.5) is 9.93 Å². The van der Waals surface area contributed by atoms with Gasteiger partial charge in [-0.3, -0.25) is 10.3 Å². The van der Waals surface area contributed by atoms with Crippen molar-refractivity contribution in [2.24, 2.45) is 5.73 Å². The molecule has 0 radical (unpaired) electrons. The predicted octanol–water partition coefficient (Wildman–Crippen LogP) is 3.67. The number of phenols is 1. The van der Waals surface area contributed by atoms with Gasteiger partial charge in [-0.05, 0) is 32.9 Å². The molecule has 0 saturated carbocycles. The van der Waals surface area contributed by atoms with Crippen LogP contribution in [0.2, 0.25) is 0 Å². The number of nitrogens with one attached hydrogen (secondary N) is 2. The summed E-state index contributed by atoms with van der Waals surface area (Å²) >= 11 is 1.30. The molecule has 3 rings (SSSR count). The van der Waals surface area contributed by atoms with Gasteiger partial charge >= 0.3 is 6.03 Å².